The van der Waals surface area contributed by atoms with Gasteiger partial charge in [0.1, 0.15) is 18.3 Å². The molecule has 0 saturated carbocycles. The summed E-state index contributed by atoms with van der Waals surface area (Å²) in [5.41, 5.74) is 0. The van der Waals surface area contributed by atoms with E-state index in [0.29, 0.717) is 5.96 Å². The van der Waals surface area contributed by atoms with E-state index >= 15 is 0 Å². The first kappa shape index (κ1) is 25.8. The average molecular weight is 492 g/mol. The summed E-state index contributed by atoms with van der Waals surface area (Å²) in [5.74, 6) is -1.09. The van der Waals surface area contributed by atoms with Gasteiger partial charge in [-0.3, -0.25) is 4.79 Å². The Labute approximate surface area is 172 Å². The van der Waals surface area contributed by atoms with Gasteiger partial charge in [0.05, 0.1) is 28.2 Å². The molecule has 16 heteroatoms. The Balaban J connectivity index is 3.34. The molecule has 0 fully saturated rings. The molecule has 0 bridgehead atoms. The SMILES string of the molecule is CC(=O)N[C@H]1[C@H]([C@H](O)[C@H](O)CO)OC(C(=O)OP)=C[C@@H]1N/C(=N/PP)NPP. The fourth-order valence-electron chi connectivity index (χ4n) is 2.44. The minimum Gasteiger partial charge on any atom is -0.478 e. The van der Waals surface area contributed by atoms with Gasteiger partial charge in [-0.05, 0) is 14.5 Å². The minimum absolute atomic E-state index is 0.150. The average Bonchev–Trinajstić information content (AvgIpc) is 2.67. The third-order valence-electron chi connectivity index (χ3n) is 3.60. The molecule has 0 aromatic heterocycles. The van der Waals surface area contributed by atoms with Crippen LogP contribution in [-0.2, 0) is 18.8 Å². The molecule has 11 nitrogen and oxygen atoms in total. The first-order chi connectivity index (χ1) is 13.3. The summed E-state index contributed by atoms with van der Waals surface area (Å²) in [6.07, 6.45) is -3.03. The van der Waals surface area contributed by atoms with Crippen LogP contribution in [-0.4, -0.2) is 70.2 Å². The van der Waals surface area contributed by atoms with Crippen LogP contribution in [0.1, 0.15) is 6.92 Å². The highest BCUT2D eigenvalue weighted by molar-refractivity contribution is 8.02. The fourth-order valence-corrected chi connectivity index (χ4v) is 3.98. The summed E-state index contributed by atoms with van der Waals surface area (Å²) >= 11 is 0. The van der Waals surface area contributed by atoms with E-state index in [4.69, 9.17) is 9.84 Å². The van der Waals surface area contributed by atoms with Crippen molar-refractivity contribution in [1.29, 1.82) is 0 Å². The number of aliphatic hydroxyl groups is 3. The number of rotatable bonds is 8. The van der Waals surface area contributed by atoms with Crippen LogP contribution in [0, 0.1) is 0 Å². The van der Waals surface area contributed by atoms with Crippen molar-refractivity contribution in [3.63, 3.8) is 0 Å². The van der Waals surface area contributed by atoms with Gasteiger partial charge in [0, 0.05) is 15.3 Å². The molecule has 1 aliphatic heterocycles. The van der Waals surface area contributed by atoms with Gasteiger partial charge in [0.15, 0.2) is 5.96 Å². The Kier molecular flexibility index (Phi) is 12.1. The predicted molar refractivity (Wildman–Crippen MR) is 119 cm³/mol. The molecular weight excluding hydrogens is 467 g/mol. The molecule has 0 aliphatic carbocycles. The first-order valence-electron chi connectivity index (χ1n) is 7.84. The minimum atomic E-state index is -1.60. The maximum Gasteiger partial charge on any atom is 0.375 e. The lowest BCUT2D eigenvalue weighted by molar-refractivity contribution is -0.143. The van der Waals surface area contributed by atoms with Crippen molar-refractivity contribution in [3.8, 4) is 0 Å². The highest BCUT2D eigenvalue weighted by Crippen LogP contribution is 2.26. The zero-order chi connectivity index (χ0) is 21.3. The molecule has 0 radical (unpaired) electrons. The van der Waals surface area contributed by atoms with Crippen molar-refractivity contribution in [2.24, 2.45) is 4.76 Å². The maximum absolute atomic E-state index is 12.0. The second-order valence-electron chi connectivity index (χ2n) is 5.51. The van der Waals surface area contributed by atoms with E-state index in [-0.39, 0.29) is 22.6 Å². The molecule has 1 rings (SSSR count). The largest absolute Gasteiger partial charge is 0.478 e. The van der Waals surface area contributed by atoms with Gasteiger partial charge in [-0.25, -0.2) is 9.56 Å². The Morgan fingerprint density at radius 3 is 2.57 bits per heavy atom. The summed E-state index contributed by atoms with van der Waals surface area (Å²) in [5, 5.41) is 38.1. The van der Waals surface area contributed by atoms with Crippen LogP contribution in [0.15, 0.2) is 16.6 Å². The molecule has 0 spiro atoms. The number of guanidine groups is 1. The number of nitrogens with zero attached hydrogens (tertiary/aromatic N) is 1. The lowest BCUT2D eigenvalue weighted by atomic mass is 9.92. The highest BCUT2D eigenvalue weighted by atomic mass is 32.0. The van der Waals surface area contributed by atoms with Crippen molar-refractivity contribution in [2.75, 3.05) is 6.61 Å². The topological polar surface area (TPSA) is 162 Å². The van der Waals surface area contributed by atoms with Gasteiger partial charge in [-0.1, -0.05) is 17.9 Å². The van der Waals surface area contributed by atoms with Crippen LogP contribution in [0.25, 0.3) is 0 Å². The van der Waals surface area contributed by atoms with Crippen molar-refractivity contribution >= 4 is 62.0 Å². The number of amides is 1. The summed E-state index contributed by atoms with van der Waals surface area (Å²) in [4.78, 5) is 23.7. The van der Waals surface area contributed by atoms with Crippen molar-refractivity contribution in [3.05, 3.63) is 11.8 Å². The van der Waals surface area contributed by atoms with Crippen LogP contribution in [0.5, 0.6) is 0 Å². The first-order valence-corrected chi connectivity index (χ1v) is 13.9. The lowest BCUT2D eigenvalue weighted by Gasteiger charge is -2.40. The Morgan fingerprint density at radius 2 is 2.07 bits per heavy atom. The molecule has 0 aromatic carbocycles. The Hall–Kier alpha value is -0.220. The third-order valence-corrected chi connectivity index (χ3v) is 5.37. The molecule has 1 amide bonds. The molecular formula is C12H25N4O7P5. The van der Waals surface area contributed by atoms with Crippen LogP contribution >= 0.6 is 44.2 Å². The Bertz CT molecular complexity index is 611. The van der Waals surface area contributed by atoms with E-state index in [9.17, 15) is 19.8 Å². The molecule has 28 heavy (non-hydrogen) atoms. The molecule has 5 unspecified atom stereocenters. The van der Waals surface area contributed by atoms with Gasteiger partial charge < -0.3 is 40.3 Å². The van der Waals surface area contributed by atoms with E-state index in [1.165, 1.54) is 13.0 Å². The fraction of sp³-hybridized carbons (Fsp3) is 0.583. The highest BCUT2D eigenvalue weighted by Gasteiger charge is 2.44. The number of carbonyl (C=O) groups is 2. The van der Waals surface area contributed by atoms with Gasteiger partial charge in [-0.2, -0.15) is 0 Å². The maximum atomic E-state index is 12.0. The zero-order valence-electron chi connectivity index (χ0n) is 14.8. The quantitative estimate of drug-likeness (QED) is 0.135. The number of ether oxygens (including phenoxy) is 1. The summed E-state index contributed by atoms with van der Waals surface area (Å²) in [7, 11) is 7.15. The molecule has 10 atom stereocenters. The smallest absolute Gasteiger partial charge is 0.375 e. The van der Waals surface area contributed by atoms with E-state index in [2.05, 4.69) is 42.9 Å². The molecule has 6 N–H and O–H groups in total. The monoisotopic (exact) mass is 492 g/mol. The number of nitrogens with one attached hydrogen (secondary N) is 3. The number of hydrogen-bond donors (Lipinski definition) is 6. The second-order valence-corrected chi connectivity index (χ2v) is 8.41. The van der Waals surface area contributed by atoms with E-state index < -0.39 is 48.9 Å². The number of aliphatic hydroxyl groups excluding tert-OH is 3. The second kappa shape index (κ2) is 13.2. The van der Waals surface area contributed by atoms with Crippen LogP contribution < -0.4 is 15.7 Å². The lowest BCUT2D eigenvalue weighted by Crippen LogP contribution is -2.64. The molecule has 0 saturated heterocycles. The van der Waals surface area contributed by atoms with Crippen LogP contribution in [0.2, 0.25) is 0 Å². The zero-order valence-corrected chi connectivity index (χ0v) is 20.3. The standard InChI is InChI=1S/C12H25N4O7P5/c1-4(18)13-8-5(14-12(15-27-25)16-28-26)2-7(11(21)23-24)22-10(8)9(20)6(19)3-17/h2,5-6,8-10,17,19-20,27-28H,3,24-26H2,1H3,(H,13,18)(H2,14,15,16)/t5-,6+,8+,9+,10+/m0/s1. The van der Waals surface area contributed by atoms with E-state index in [1.807, 2.05) is 0 Å². The molecule has 160 valence electrons. The molecule has 1 heterocycles. The van der Waals surface area contributed by atoms with Crippen LogP contribution in [0.3, 0.4) is 0 Å². The molecule has 1 aliphatic rings. The van der Waals surface area contributed by atoms with Gasteiger partial charge in [0.25, 0.3) is 0 Å². The van der Waals surface area contributed by atoms with Gasteiger partial charge in [-0.15, -0.1) is 0 Å². The van der Waals surface area contributed by atoms with E-state index in [1.54, 1.807) is 9.47 Å². The van der Waals surface area contributed by atoms with Crippen molar-refractivity contribution in [2.45, 2.75) is 37.3 Å². The van der Waals surface area contributed by atoms with Crippen LogP contribution in [0.4, 0.5) is 0 Å². The third kappa shape index (κ3) is 7.55. The van der Waals surface area contributed by atoms with Crippen molar-refractivity contribution in [1.82, 2.24) is 15.7 Å². The number of hydrogen-bond acceptors (Lipinski definition) is 8. The van der Waals surface area contributed by atoms with Gasteiger partial charge in [0.2, 0.25) is 11.7 Å². The summed E-state index contributed by atoms with van der Waals surface area (Å²) < 4.78 is 14.4. The number of carbonyl (C=O) groups excluding carboxylic acids is 2. The summed E-state index contributed by atoms with van der Waals surface area (Å²) in [6, 6.07) is -1.65. The predicted octanol–water partition coefficient (Wildman–Crippen LogP) is -1.51. The molecule has 0 aromatic rings. The van der Waals surface area contributed by atoms with Gasteiger partial charge >= 0.3 is 5.97 Å². The normalized spacial score (nSPS) is 25.2. The summed E-state index contributed by atoms with van der Waals surface area (Å²) in [6.45, 7) is 0.538. The van der Waals surface area contributed by atoms with Crippen molar-refractivity contribution < 1.29 is 34.2 Å². The van der Waals surface area contributed by atoms with E-state index in [0.717, 1.165) is 0 Å². The Morgan fingerprint density at radius 1 is 1.39 bits per heavy atom.